The van der Waals surface area contributed by atoms with E-state index in [1.807, 2.05) is 31.2 Å². The number of rotatable bonds is 10. The zero-order valence-electron chi connectivity index (χ0n) is 12.4. The van der Waals surface area contributed by atoms with E-state index >= 15 is 0 Å². The Hall–Kier alpha value is -1.36. The fraction of sp³-hybridized carbons (Fsp3) is 0.500. The van der Waals surface area contributed by atoms with Crippen LogP contribution in [0.5, 0.6) is 5.75 Å². The molecule has 4 nitrogen and oxygen atoms in total. The van der Waals surface area contributed by atoms with E-state index in [9.17, 15) is 5.11 Å². The summed E-state index contributed by atoms with van der Waals surface area (Å²) in [7, 11) is 1.69. The smallest absolute Gasteiger partial charge is 0.119 e. The van der Waals surface area contributed by atoms with E-state index in [2.05, 4.69) is 11.9 Å². The minimum atomic E-state index is -0.507. The Balaban J connectivity index is 2.33. The summed E-state index contributed by atoms with van der Waals surface area (Å²) in [5.74, 6) is 0.789. The Bertz CT molecular complexity index is 389. The molecule has 1 atom stereocenters. The molecular weight excluding hydrogens is 254 g/mol. The van der Waals surface area contributed by atoms with E-state index in [0.717, 1.165) is 36.5 Å². The molecule has 0 amide bonds. The van der Waals surface area contributed by atoms with E-state index in [1.54, 1.807) is 7.11 Å². The lowest BCUT2D eigenvalue weighted by Gasteiger charge is -2.13. The van der Waals surface area contributed by atoms with Crippen LogP contribution in [0.25, 0.3) is 0 Å². The van der Waals surface area contributed by atoms with Crippen LogP contribution in [0.2, 0.25) is 0 Å². The van der Waals surface area contributed by atoms with Gasteiger partial charge in [0.05, 0.1) is 6.10 Å². The van der Waals surface area contributed by atoms with Crippen molar-refractivity contribution < 1.29 is 14.6 Å². The Morgan fingerprint density at radius 1 is 1.35 bits per heavy atom. The summed E-state index contributed by atoms with van der Waals surface area (Å²) < 4.78 is 10.5. The fourth-order valence-corrected chi connectivity index (χ4v) is 1.69. The van der Waals surface area contributed by atoms with Crippen LogP contribution in [0.15, 0.2) is 36.4 Å². The van der Waals surface area contributed by atoms with Gasteiger partial charge in [-0.05, 0) is 43.2 Å². The Morgan fingerprint density at radius 3 is 2.65 bits per heavy atom. The second kappa shape index (κ2) is 9.53. The SMILES string of the molecule is C=C(C)COc1ccc(C(O)CNCCCOC)cc1. The first-order valence-electron chi connectivity index (χ1n) is 6.88. The molecule has 0 aliphatic rings. The lowest BCUT2D eigenvalue weighted by Crippen LogP contribution is -2.23. The first-order valence-corrected chi connectivity index (χ1v) is 6.88. The van der Waals surface area contributed by atoms with Crippen LogP contribution < -0.4 is 10.1 Å². The number of aliphatic hydroxyl groups is 1. The molecule has 112 valence electrons. The summed E-state index contributed by atoms with van der Waals surface area (Å²) in [6, 6.07) is 7.50. The van der Waals surface area contributed by atoms with Crippen molar-refractivity contribution in [1.82, 2.24) is 5.32 Å². The van der Waals surface area contributed by atoms with Crippen LogP contribution in [-0.4, -0.2) is 38.5 Å². The van der Waals surface area contributed by atoms with Crippen molar-refractivity contribution in [2.45, 2.75) is 19.4 Å². The van der Waals surface area contributed by atoms with Crippen molar-refractivity contribution in [3.05, 3.63) is 42.0 Å². The number of ether oxygens (including phenoxy) is 2. The standard InChI is InChI=1S/C16H25NO3/c1-13(2)12-20-15-7-5-14(6-8-15)16(18)11-17-9-4-10-19-3/h5-8,16-18H,1,4,9-12H2,2-3H3. The number of hydrogen-bond acceptors (Lipinski definition) is 4. The van der Waals surface area contributed by atoms with Gasteiger partial charge in [-0.1, -0.05) is 18.7 Å². The number of nitrogens with one attached hydrogen (secondary N) is 1. The summed E-state index contributed by atoms with van der Waals surface area (Å²) in [5, 5.41) is 13.2. The maximum atomic E-state index is 10.0. The number of benzene rings is 1. The molecule has 0 bridgehead atoms. The van der Waals surface area contributed by atoms with Gasteiger partial charge in [0.2, 0.25) is 0 Å². The molecule has 0 aliphatic heterocycles. The summed E-state index contributed by atoms with van der Waals surface area (Å²) in [6.07, 6.45) is 0.435. The maximum Gasteiger partial charge on any atom is 0.119 e. The molecule has 0 heterocycles. The van der Waals surface area contributed by atoms with Crippen molar-refractivity contribution in [1.29, 1.82) is 0 Å². The van der Waals surface area contributed by atoms with Gasteiger partial charge in [0.25, 0.3) is 0 Å². The van der Waals surface area contributed by atoms with Crippen LogP contribution >= 0.6 is 0 Å². The molecule has 2 N–H and O–H groups in total. The molecule has 1 unspecified atom stereocenters. The molecule has 0 aromatic heterocycles. The average molecular weight is 279 g/mol. The highest BCUT2D eigenvalue weighted by atomic mass is 16.5. The lowest BCUT2D eigenvalue weighted by molar-refractivity contribution is 0.168. The van der Waals surface area contributed by atoms with Gasteiger partial charge in [0.15, 0.2) is 0 Å². The first-order chi connectivity index (χ1) is 9.63. The van der Waals surface area contributed by atoms with Crippen molar-refractivity contribution >= 4 is 0 Å². The lowest BCUT2D eigenvalue weighted by atomic mass is 10.1. The molecule has 0 saturated heterocycles. The van der Waals surface area contributed by atoms with Crippen molar-refractivity contribution in [3.63, 3.8) is 0 Å². The van der Waals surface area contributed by atoms with Crippen LogP contribution in [0.1, 0.15) is 25.0 Å². The average Bonchev–Trinajstić information content (AvgIpc) is 2.45. The van der Waals surface area contributed by atoms with Crippen molar-refractivity contribution in [3.8, 4) is 5.75 Å². The highest BCUT2D eigenvalue weighted by Crippen LogP contribution is 2.17. The van der Waals surface area contributed by atoms with E-state index < -0.39 is 6.10 Å². The highest BCUT2D eigenvalue weighted by molar-refractivity contribution is 5.29. The molecular formula is C16H25NO3. The van der Waals surface area contributed by atoms with Gasteiger partial charge in [-0.25, -0.2) is 0 Å². The maximum absolute atomic E-state index is 10.0. The minimum Gasteiger partial charge on any atom is -0.489 e. The molecule has 0 aliphatic carbocycles. The van der Waals surface area contributed by atoms with Crippen LogP contribution in [0.3, 0.4) is 0 Å². The van der Waals surface area contributed by atoms with Crippen LogP contribution in [-0.2, 0) is 4.74 Å². The van der Waals surface area contributed by atoms with Gasteiger partial charge in [-0.3, -0.25) is 0 Å². The molecule has 20 heavy (non-hydrogen) atoms. The Labute approximate surface area is 121 Å². The Kier molecular flexibility index (Phi) is 7.95. The molecule has 1 rings (SSSR count). The number of hydrogen-bond donors (Lipinski definition) is 2. The summed E-state index contributed by atoms with van der Waals surface area (Å²) in [6.45, 7) is 8.34. The van der Waals surface area contributed by atoms with Gasteiger partial charge in [0, 0.05) is 20.3 Å². The monoisotopic (exact) mass is 279 g/mol. The largest absolute Gasteiger partial charge is 0.489 e. The fourth-order valence-electron chi connectivity index (χ4n) is 1.69. The third kappa shape index (κ3) is 6.70. The van der Waals surface area contributed by atoms with E-state index in [4.69, 9.17) is 9.47 Å². The number of aliphatic hydroxyl groups excluding tert-OH is 1. The molecule has 4 heteroatoms. The van der Waals surface area contributed by atoms with Gasteiger partial charge in [-0.15, -0.1) is 0 Å². The second-order valence-electron chi connectivity index (χ2n) is 4.88. The topological polar surface area (TPSA) is 50.7 Å². The molecule has 1 aromatic carbocycles. The highest BCUT2D eigenvalue weighted by Gasteiger charge is 2.06. The van der Waals surface area contributed by atoms with E-state index in [0.29, 0.717) is 13.2 Å². The Morgan fingerprint density at radius 2 is 2.05 bits per heavy atom. The van der Waals surface area contributed by atoms with Gasteiger partial charge in [-0.2, -0.15) is 0 Å². The quantitative estimate of drug-likeness (QED) is 0.510. The molecule has 0 fully saturated rings. The normalized spacial score (nSPS) is 12.2. The first kappa shape index (κ1) is 16.7. The number of methoxy groups -OCH3 is 1. The zero-order chi connectivity index (χ0) is 14.8. The van der Waals surface area contributed by atoms with E-state index in [1.165, 1.54) is 0 Å². The third-order valence-electron chi connectivity index (χ3n) is 2.79. The zero-order valence-corrected chi connectivity index (χ0v) is 12.4. The van der Waals surface area contributed by atoms with Gasteiger partial charge >= 0.3 is 0 Å². The van der Waals surface area contributed by atoms with Crippen LogP contribution in [0.4, 0.5) is 0 Å². The summed E-state index contributed by atoms with van der Waals surface area (Å²) in [4.78, 5) is 0. The molecule has 1 aromatic rings. The predicted octanol–water partition coefficient (Wildman–Crippen LogP) is 2.30. The van der Waals surface area contributed by atoms with Gasteiger partial charge < -0.3 is 19.9 Å². The predicted molar refractivity (Wildman–Crippen MR) is 81.1 cm³/mol. The van der Waals surface area contributed by atoms with Crippen molar-refractivity contribution in [2.75, 3.05) is 33.4 Å². The summed E-state index contributed by atoms with van der Waals surface area (Å²) in [5.41, 5.74) is 1.86. The van der Waals surface area contributed by atoms with Crippen LogP contribution in [0, 0.1) is 0 Å². The van der Waals surface area contributed by atoms with Crippen molar-refractivity contribution in [2.24, 2.45) is 0 Å². The molecule has 0 spiro atoms. The van der Waals surface area contributed by atoms with E-state index in [-0.39, 0.29) is 0 Å². The summed E-state index contributed by atoms with van der Waals surface area (Å²) >= 11 is 0. The molecule has 0 saturated carbocycles. The van der Waals surface area contributed by atoms with Gasteiger partial charge in [0.1, 0.15) is 12.4 Å². The second-order valence-corrected chi connectivity index (χ2v) is 4.88. The third-order valence-corrected chi connectivity index (χ3v) is 2.79. The molecule has 0 radical (unpaired) electrons. The minimum absolute atomic E-state index is 0.507.